The monoisotopic (exact) mass is 315 g/mol. The summed E-state index contributed by atoms with van der Waals surface area (Å²) in [7, 11) is 1.55. The summed E-state index contributed by atoms with van der Waals surface area (Å²) in [6.45, 7) is 2.05. The lowest BCUT2D eigenvalue weighted by atomic mass is 9.81. The number of hydrogen-bond acceptors (Lipinski definition) is 3. The number of carbonyl (C=O) groups is 3. The minimum absolute atomic E-state index is 0.0279. The highest BCUT2D eigenvalue weighted by Crippen LogP contribution is 2.48. The van der Waals surface area contributed by atoms with Crippen LogP contribution in [0.3, 0.4) is 0 Å². The zero-order valence-electron chi connectivity index (χ0n) is 13.5. The van der Waals surface area contributed by atoms with Gasteiger partial charge in [-0.25, -0.2) is 0 Å². The van der Waals surface area contributed by atoms with Gasteiger partial charge in [-0.15, -0.1) is 0 Å². The van der Waals surface area contributed by atoms with Crippen LogP contribution in [0.25, 0.3) is 0 Å². The number of carbonyl (C=O) groups excluding carboxylic acids is 3. The van der Waals surface area contributed by atoms with Gasteiger partial charge in [0.25, 0.3) is 5.91 Å². The van der Waals surface area contributed by atoms with E-state index in [0.717, 1.165) is 24.1 Å². The molecule has 0 aliphatic carbocycles. The summed E-state index contributed by atoms with van der Waals surface area (Å²) in [6.07, 6.45) is 2.39. The van der Waals surface area contributed by atoms with E-state index in [2.05, 4.69) is 5.32 Å². The van der Waals surface area contributed by atoms with Crippen LogP contribution >= 0.6 is 0 Å². The zero-order valence-corrected chi connectivity index (χ0v) is 13.5. The first kappa shape index (κ1) is 15.5. The van der Waals surface area contributed by atoms with E-state index in [4.69, 9.17) is 0 Å². The van der Waals surface area contributed by atoms with Crippen LogP contribution in [0.15, 0.2) is 24.3 Å². The summed E-state index contributed by atoms with van der Waals surface area (Å²) < 4.78 is 0. The fourth-order valence-corrected chi connectivity index (χ4v) is 3.79. The van der Waals surface area contributed by atoms with E-state index in [0.29, 0.717) is 13.0 Å². The summed E-state index contributed by atoms with van der Waals surface area (Å²) in [6, 6.07) is 7.48. The van der Waals surface area contributed by atoms with Gasteiger partial charge in [0.2, 0.25) is 11.8 Å². The molecule has 6 heteroatoms. The molecular weight excluding hydrogens is 294 g/mol. The van der Waals surface area contributed by atoms with Crippen molar-refractivity contribution in [1.82, 2.24) is 10.2 Å². The Bertz CT molecular complexity index is 673. The van der Waals surface area contributed by atoms with Crippen molar-refractivity contribution < 1.29 is 14.4 Å². The van der Waals surface area contributed by atoms with Crippen molar-refractivity contribution >= 4 is 23.4 Å². The standard InChI is InChI=1S/C17H21N3O3/c1-12(21)20-10-6-5-9-17(20)13-7-3-4-8-14(13)19(16(17)23)11-15(22)18-2/h3-4,7-8H,5-6,9-11H2,1-2H3,(H,18,22)/t17-/m0/s1. The van der Waals surface area contributed by atoms with Gasteiger partial charge < -0.3 is 15.1 Å². The van der Waals surface area contributed by atoms with Gasteiger partial charge in [-0.05, 0) is 25.3 Å². The number of amides is 3. The number of anilines is 1. The number of para-hydroxylation sites is 1. The van der Waals surface area contributed by atoms with Gasteiger partial charge in [-0.2, -0.15) is 0 Å². The second kappa shape index (κ2) is 5.68. The predicted octanol–water partition coefficient (Wildman–Crippen LogP) is 1.01. The Morgan fingerprint density at radius 3 is 2.70 bits per heavy atom. The van der Waals surface area contributed by atoms with Crippen LogP contribution < -0.4 is 10.2 Å². The van der Waals surface area contributed by atoms with Crippen LogP contribution in [0.5, 0.6) is 0 Å². The molecule has 1 spiro atoms. The maximum absolute atomic E-state index is 13.3. The lowest BCUT2D eigenvalue weighted by molar-refractivity contribution is -0.148. The molecule has 23 heavy (non-hydrogen) atoms. The Kier molecular flexibility index (Phi) is 3.83. The molecule has 2 aliphatic heterocycles. The van der Waals surface area contributed by atoms with Crippen LogP contribution in [0.1, 0.15) is 31.7 Å². The highest BCUT2D eigenvalue weighted by atomic mass is 16.2. The van der Waals surface area contributed by atoms with E-state index in [9.17, 15) is 14.4 Å². The smallest absolute Gasteiger partial charge is 0.258 e. The largest absolute Gasteiger partial charge is 0.358 e. The van der Waals surface area contributed by atoms with Gasteiger partial charge in [-0.3, -0.25) is 14.4 Å². The van der Waals surface area contributed by atoms with Crippen molar-refractivity contribution in [2.24, 2.45) is 0 Å². The lowest BCUT2D eigenvalue weighted by Gasteiger charge is -2.43. The molecule has 1 N–H and O–H groups in total. The average molecular weight is 315 g/mol. The third-order valence-electron chi connectivity index (χ3n) is 4.83. The SMILES string of the molecule is CNC(=O)CN1C(=O)[C@]2(CCCCN2C(C)=O)c2ccccc21. The van der Waals surface area contributed by atoms with Gasteiger partial charge in [0.1, 0.15) is 12.1 Å². The molecule has 0 bridgehead atoms. The van der Waals surface area contributed by atoms with Crippen molar-refractivity contribution in [2.45, 2.75) is 31.7 Å². The van der Waals surface area contributed by atoms with E-state index < -0.39 is 5.54 Å². The van der Waals surface area contributed by atoms with Crippen LogP contribution in [0.2, 0.25) is 0 Å². The molecule has 1 saturated heterocycles. The first-order valence-electron chi connectivity index (χ1n) is 7.92. The normalized spacial score (nSPS) is 23.1. The number of nitrogens with one attached hydrogen (secondary N) is 1. The number of fused-ring (bicyclic) bond motifs is 2. The highest BCUT2D eigenvalue weighted by molar-refractivity contribution is 6.11. The fourth-order valence-electron chi connectivity index (χ4n) is 3.79. The van der Waals surface area contributed by atoms with Crippen molar-refractivity contribution in [3.8, 4) is 0 Å². The fraction of sp³-hybridized carbons (Fsp3) is 0.471. The average Bonchev–Trinajstić information content (AvgIpc) is 2.78. The summed E-state index contributed by atoms with van der Waals surface area (Å²) in [5, 5.41) is 2.56. The highest BCUT2D eigenvalue weighted by Gasteiger charge is 2.56. The summed E-state index contributed by atoms with van der Waals surface area (Å²) >= 11 is 0. The van der Waals surface area contributed by atoms with Gasteiger partial charge in [-0.1, -0.05) is 18.2 Å². The summed E-state index contributed by atoms with van der Waals surface area (Å²) in [5.41, 5.74) is 0.618. The molecule has 6 nitrogen and oxygen atoms in total. The second-order valence-corrected chi connectivity index (χ2v) is 6.07. The van der Waals surface area contributed by atoms with E-state index >= 15 is 0 Å². The van der Waals surface area contributed by atoms with Crippen molar-refractivity contribution in [3.63, 3.8) is 0 Å². The van der Waals surface area contributed by atoms with Crippen LogP contribution in [-0.2, 0) is 19.9 Å². The summed E-state index contributed by atoms with van der Waals surface area (Å²) in [4.78, 5) is 40.4. The Labute approximate surface area is 135 Å². The number of benzene rings is 1. The maximum atomic E-state index is 13.3. The molecule has 122 valence electrons. The van der Waals surface area contributed by atoms with Crippen molar-refractivity contribution in [2.75, 3.05) is 25.0 Å². The molecule has 1 aromatic rings. The van der Waals surface area contributed by atoms with Crippen molar-refractivity contribution in [1.29, 1.82) is 0 Å². The Balaban J connectivity index is 2.12. The molecule has 1 aromatic carbocycles. The topological polar surface area (TPSA) is 69.7 Å². The van der Waals surface area contributed by atoms with E-state index in [1.54, 1.807) is 11.9 Å². The van der Waals surface area contributed by atoms with Gasteiger partial charge in [0.05, 0.1) is 5.69 Å². The Morgan fingerprint density at radius 2 is 2.00 bits per heavy atom. The molecule has 0 radical (unpaired) electrons. The molecule has 0 saturated carbocycles. The van der Waals surface area contributed by atoms with Gasteiger partial charge in [0.15, 0.2) is 0 Å². The van der Waals surface area contributed by atoms with E-state index in [1.807, 2.05) is 24.3 Å². The van der Waals surface area contributed by atoms with E-state index in [-0.39, 0.29) is 24.3 Å². The number of piperidine rings is 1. The molecule has 0 aromatic heterocycles. The number of likely N-dealkylation sites (N-methyl/N-ethyl adjacent to an activating group) is 1. The van der Waals surface area contributed by atoms with Gasteiger partial charge in [0, 0.05) is 26.1 Å². The first-order valence-corrected chi connectivity index (χ1v) is 7.92. The third-order valence-corrected chi connectivity index (χ3v) is 4.83. The first-order chi connectivity index (χ1) is 11.0. The second-order valence-electron chi connectivity index (χ2n) is 6.07. The molecule has 3 rings (SSSR count). The Hall–Kier alpha value is -2.37. The number of rotatable bonds is 2. The van der Waals surface area contributed by atoms with Crippen LogP contribution in [0.4, 0.5) is 5.69 Å². The van der Waals surface area contributed by atoms with E-state index in [1.165, 1.54) is 11.8 Å². The maximum Gasteiger partial charge on any atom is 0.258 e. The molecule has 3 amide bonds. The molecule has 2 aliphatic rings. The minimum atomic E-state index is -0.950. The van der Waals surface area contributed by atoms with Crippen LogP contribution in [0, 0.1) is 0 Å². The summed E-state index contributed by atoms with van der Waals surface area (Å²) in [5.74, 6) is -0.498. The molecular formula is C17H21N3O3. The quantitative estimate of drug-likeness (QED) is 0.885. The lowest BCUT2D eigenvalue weighted by Crippen LogP contribution is -2.57. The molecule has 1 atom stereocenters. The number of hydrogen-bond donors (Lipinski definition) is 1. The minimum Gasteiger partial charge on any atom is -0.358 e. The molecule has 0 unspecified atom stereocenters. The van der Waals surface area contributed by atoms with Crippen molar-refractivity contribution in [3.05, 3.63) is 29.8 Å². The number of likely N-dealkylation sites (tertiary alicyclic amines) is 1. The molecule has 1 fully saturated rings. The molecule has 2 heterocycles. The van der Waals surface area contributed by atoms with Gasteiger partial charge >= 0.3 is 0 Å². The number of nitrogens with zero attached hydrogens (tertiary/aromatic N) is 2. The Morgan fingerprint density at radius 1 is 1.26 bits per heavy atom. The predicted molar refractivity (Wildman–Crippen MR) is 85.8 cm³/mol. The third kappa shape index (κ3) is 2.20. The van der Waals surface area contributed by atoms with Crippen LogP contribution in [-0.4, -0.2) is 42.8 Å². The zero-order chi connectivity index (χ0) is 16.6.